The Bertz CT molecular complexity index is 450. The van der Waals surface area contributed by atoms with Crippen LogP contribution in [0, 0.1) is 0 Å². The molecule has 0 bridgehead atoms. The SMILES string of the molecule is CSC(C)CNCc1ccc(-n2ccnc2)cc1. The van der Waals surface area contributed by atoms with Gasteiger partial charge in [-0.25, -0.2) is 4.98 Å². The normalized spacial score (nSPS) is 12.6. The van der Waals surface area contributed by atoms with E-state index in [4.69, 9.17) is 0 Å². The van der Waals surface area contributed by atoms with Gasteiger partial charge in [-0.15, -0.1) is 0 Å². The molecule has 0 aliphatic heterocycles. The van der Waals surface area contributed by atoms with Crippen molar-refractivity contribution < 1.29 is 0 Å². The minimum Gasteiger partial charge on any atom is -0.312 e. The molecule has 0 aliphatic carbocycles. The summed E-state index contributed by atoms with van der Waals surface area (Å²) in [5.74, 6) is 0. The van der Waals surface area contributed by atoms with Crippen LogP contribution in [0.5, 0.6) is 0 Å². The van der Waals surface area contributed by atoms with Crippen LogP contribution in [0.1, 0.15) is 12.5 Å². The molecule has 0 radical (unpaired) electrons. The maximum Gasteiger partial charge on any atom is 0.0991 e. The van der Waals surface area contributed by atoms with Crippen LogP contribution in [0.25, 0.3) is 5.69 Å². The fourth-order valence-electron chi connectivity index (χ4n) is 1.70. The van der Waals surface area contributed by atoms with Crippen molar-refractivity contribution in [3.8, 4) is 5.69 Å². The summed E-state index contributed by atoms with van der Waals surface area (Å²) in [6.45, 7) is 4.21. The minimum absolute atomic E-state index is 0.662. The van der Waals surface area contributed by atoms with E-state index in [1.807, 2.05) is 28.9 Å². The Morgan fingerprint density at radius 3 is 2.72 bits per heavy atom. The van der Waals surface area contributed by atoms with E-state index in [2.05, 4.69) is 47.7 Å². The largest absolute Gasteiger partial charge is 0.312 e. The third-order valence-electron chi connectivity index (χ3n) is 2.90. The van der Waals surface area contributed by atoms with E-state index >= 15 is 0 Å². The quantitative estimate of drug-likeness (QED) is 0.867. The number of hydrogen-bond donors (Lipinski definition) is 1. The van der Waals surface area contributed by atoms with Gasteiger partial charge in [0.15, 0.2) is 0 Å². The molecule has 0 saturated heterocycles. The highest BCUT2D eigenvalue weighted by molar-refractivity contribution is 7.99. The Morgan fingerprint density at radius 1 is 1.33 bits per heavy atom. The molecule has 96 valence electrons. The molecular formula is C14H19N3S. The molecule has 4 heteroatoms. The van der Waals surface area contributed by atoms with Gasteiger partial charge in [0.25, 0.3) is 0 Å². The number of benzene rings is 1. The van der Waals surface area contributed by atoms with Crippen molar-refractivity contribution in [1.29, 1.82) is 0 Å². The molecule has 2 aromatic rings. The van der Waals surface area contributed by atoms with Gasteiger partial charge in [0.2, 0.25) is 0 Å². The van der Waals surface area contributed by atoms with Gasteiger partial charge in [-0.05, 0) is 24.0 Å². The van der Waals surface area contributed by atoms with E-state index in [-0.39, 0.29) is 0 Å². The molecule has 0 amide bonds. The summed E-state index contributed by atoms with van der Waals surface area (Å²) in [6, 6.07) is 8.56. The van der Waals surface area contributed by atoms with Crippen molar-refractivity contribution >= 4 is 11.8 Å². The number of hydrogen-bond acceptors (Lipinski definition) is 3. The van der Waals surface area contributed by atoms with E-state index in [1.54, 1.807) is 6.20 Å². The van der Waals surface area contributed by atoms with Gasteiger partial charge >= 0.3 is 0 Å². The summed E-state index contributed by atoms with van der Waals surface area (Å²) >= 11 is 1.89. The van der Waals surface area contributed by atoms with Gasteiger partial charge in [-0.1, -0.05) is 19.1 Å². The Balaban J connectivity index is 1.88. The van der Waals surface area contributed by atoms with E-state index in [9.17, 15) is 0 Å². The van der Waals surface area contributed by atoms with Crippen LogP contribution in [0.15, 0.2) is 43.0 Å². The predicted molar refractivity (Wildman–Crippen MR) is 78.2 cm³/mol. The zero-order chi connectivity index (χ0) is 12.8. The van der Waals surface area contributed by atoms with Crippen molar-refractivity contribution in [3.05, 3.63) is 48.5 Å². The molecule has 0 spiro atoms. The number of aromatic nitrogens is 2. The lowest BCUT2D eigenvalue weighted by molar-refractivity contribution is 0.684. The first kappa shape index (κ1) is 13.2. The first-order valence-electron chi connectivity index (χ1n) is 6.10. The zero-order valence-corrected chi connectivity index (χ0v) is 11.7. The lowest BCUT2D eigenvalue weighted by atomic mass is 10.2. The summed E-state index contributed by atoms with van der Waals surface area (Å²) in [6.07, 6.45) is 7.70. The number of rotatable bonds is 6. The molecule has 1 aromatic heterocycles. The summed E-state index contributed by atoms with van der Waals surface area (Å²) in [5, 5.41) is 4.13. The predicted octanol–water partition coefficient (Wildman–Crippen LogP) is 2.71. The Morgan fingerprint density at radius 2 is 2.11 bits per heavy atom. The van der Waals surface area contributed by atoms with Gasteiger partial charge in [-0.3, -0.25) is 0 Å². The summed E-state index contributed by atoms with van der Waals surface area (Å²) in [4.78, 5) is 4.05. The Hall–Kier alpha value is -1.26. The smallest absolute Gasteiger partial charge is 0.0991 e. The molecule has 1 aromatic carbocycles. The second-order valence-corrected chi connectivity index (χ2v) is 5.59. The summed E-state index contributed by atoms with van der Waals surface area (Å²) < 4.78 is 2.01. The maximum atomic E-state index is 4.05. The third kappa shape index (κ3) is 3.62. The van der Waals surface area contributed by atoms with Gasteiger partial charge in [0.1, 0.15) is 0 Å². The van der Waals surface area contributed by atoms with Gasteiger partial charge < -0.3 is 9.88 Å². The molecule has 0 saturated carbocycles. The highest BCUT2D eigenvalue weighted by atomic mass is 32.2. The zero-order valence-electron chi connectivity index (χ0n) is 10.8. The van der Waals surface area contributed by atoms with Crippen LogP contribution in [-0.4, -0.2) is 27.6 Å². The fraction of sp³-hybridized carbons (Fsp3) is 0.357. The van der Waals surface area contributed by atoms with Gasteiger partial charge in [0.05, 0.1) is 6.33 Å². The van der Waals surface area contributed by atoms with Crippen LogP contribution in [0.2, 0.25) is 0 Å². The average Bonchev–Trinajstić information content (AvgIpc) is 2.93. The number of imidazole rings is 1. The molecule has 1 N–H and O–H groups in total. The van der Waals surface area contributed by atoms with Crippen LogP contribution >= 0.6 is 11.8 Å². The van der Waals surface area contributed by atoms with Crippen LogP contribution < -0.4 is 5.32 Å². The molecule has 0 aliphatic rings. The standard InChI is InChI=1S/C14H19N3S/c1-12(18-2)9-16-10-13-3-5-14(6-4-13)17-8-7-15-11-17/h3-8,11-12,16H,9-10H2,1-2H3. The van der Waals surface area contributed by atoms with Crippen LogP contribution in [0.3, 0.4) is 0 Å². The van der Waals surface area contributed by atoms with Crippen molar-refractivity contribution in [2.24, 2.45) is 0 Å². The fourth-order valence-corrected chi connectivity index (χ4v) is 1.99. The molecular weight excluding hydrogens is 242 g/mol. The first-order chi connectivity index (χ1) is 8.79. The van der Waals surface area contributed by atoms with Crippen molar-refractivity contribution in [2.75, 3.05) is 12.8 Å². The number of nitrogens with zero attached hydrogens (tertiary/aromatic N) is 2. The molecule has 0 fully saturated rings. The van der Waals surface area contributed by atoms with Crippen molar-refractivity contribution in [1.82, 2.24) is 14.9 Å². The number of thioether (sulfide) groups is 1. The molecule has 2 rings (SSSR count). The van der Waals surface area contributed by atoms with Crippen molar-refractivity contribution in [3.63, 3.8) is 0 Å². The number of nitrogens with one attached hydrogen (secondary N) is 1. The van der Waals surface area contributed by atoms with Crippen LogP contribution in [-0.2, 0) is 6.54 Å². The average molecular weight is 261 g/mol. The first-order valence-corrected chi connectivity index (χ1v) is 7.39. The topological polar surface area (TPSA) is 29.9 Å². The Labute approximate surface area is 113 Å². The van der Waals surface area contributed by atoms with Gasteiger partial charge in [0, 0.05) is 36.4 Å². The lowest BCUT2D eigenvalue weighted by Crippen LogP contribution is -2.21. The summed E-state index contributed by atoms with van der Waals surface area (Å²) in [5.41, 5.74) is 2.46. The lowest BCUT2D eigenvalue weighted by Gasteiger charge is -2.10. The monoisotopic (exact) mass is 261 g/mol. The third-order valence-corrected chi connectivity index (χ3v) is 3.87. The molecule has 3 nitrogen and oxygen atoms in total. The molecule has 1 atom stereocenters. The molecule has 18 heavy (non-hydrogen) atoms. The Kier molecular flexibility index (Phi) is 4.84. The summed E-state index contributed by atoms with van der Waals surface area (Å²) in [7, 11) is 0. The van der Waals surface area contributed by atoms with Crippen molar-refractivity contribution in [2.45, 2.75) is 18.7 Å². The second kappa shape index (κ2) is 6.61. The second-order valence-electron chi connectivity index (χ2n) is 4.31. The molecule has 1 unspecified atom stereocenters. The van der Waals surface area contributed by atoms with Crippen LogP contribution in [0.4, 0.5) is 0 Å². The highest BCUT2D eigenvalue weighted by Crippen LogP contribution is 2.09. The van der Waals surface area contributed by atoms with Gasteiger partial charge in [-0.2, -0.15) is 11.8 Å². The molecule has 1 heterocycles. The van der Waals surface area contributed by atoms with E-state index in [0.29, 0.717) is 5.25 Å². The van der Waals surface area contributed by atoms with E-state index in [1.165, 1.54) is 5.56 Å². The van der Waals surface area contributed by atoms with E-state index in [0.717, 1.165) is 18.8 Å². The highest BCUT2D eigenvalue weighted by Gasteiger charge is 1.99. The minimum atomic E-state index is 0.662. The maximum absolute atomic E-state index is 4.05. The van der Waals surface area contributed by atoms with E-state index < -0.39 is 0 Å².